The Morgan fingerprint density at radius 3 is 2.43 bits per heavy atom. The topological polar surface area (TPSA) is 137 Å². The number of rotatable bonds is 4. The second-order valence-corrected chi connectivity index (χ2v) is 4.62. The van der Waals surface area contributed by atoms with Crippen LogP contribution in [0.4, 0.5) is 0 Å². The molecule has 5 atom stereocenters. The van der Waals surface area contributed by atoms with Crippen molar-refractivity contribution in [2.24, 2.45) is 0 Å². The molecule has 0 aliphatic carbocycles. The van der Waals surface area contributed by atoms with Crippen LogP contribution in [-0.4, -0.2) is 68.8 Å². The van der Waals surface area contributed by atoms with Gasteiger partial charge in [-0.15, -0.1) is 0 Å². The van der Waals surface area contributed by atoms with Crippen molar-refractivity contribution in [2.75, 3.05) is 6.61 Å². The van der Waals surface area contributed by atoms with Gasteiger partial charge >= 0.3 is 5.97 Å². The number of hydrogen-bond donors (Lipinski definition) is 5. The highest BCUT2D eigenvalue weighted by Gasteiger charge is 2.44. The Labute approximate surface area is 119 Å². The first-order chi connectivity index (χ1) is 9.95. The lowest BCUT2D eigenvalue weighted by molar-refractivity contribution is -0.277. The van der Waals surface area contributed by atoms with E-state index >= 15 is 0 Å². The van der Waals surface area contributed by atoms with Gasteiger partial charge < -0.3 is 35.0 Å². The van der Waals surface area contributed by atoms with Crippen molar-refractivity contribution in [3.05, 3.63) is 29.8 Å². The third-order valence-corrected chi connectivity index (χ3v) is 3.21. The largest absolute Gasteiger partial charge is 0.478 e. The molecule has 116 valence electrons. The molecule has 1 unspecified atom stereocenters. The van der Waals surface area contributed by atoms with Crippen molar-refractivity contribution in [3.63, 3.8) is 0 Å². The zero-order valence-electron chi connectivity index (χ0n) is 10.9. The van der Waals surface area contributed by atoms with Gasteiger partial charge in [-0.1, -0.05) is 12.1 Å². The minimum Gasteiger partial charge on any atom is -0.478 e. The molecule has 1 aliphatic heterocycles. The van der Waals surface area contributed by atoms with Crippen LogP contribution in [-0.2, 0) is 4.74 Å². The number of benzene rings is 1. The Balaban J connectivity index is 2.20. The molecular weight excluding hydrogens is 284 g/mol. The van der Waals surface area contributed by atoms with E-state index in [1.807, 2.05) is 0 Å². The molecule has 8 nitrogen and oxygen atoms in total. The van der Waals surface area contributed by atoms with Gasteiger partial charge in [-0.3, -0.25) is 0 Å². The number of para-hydroxylation sites is 1. The Morgan fingerprint density at radius 1 is 1.14 bits per heavy atom. The van der Waals surface area contributed by atoms with Gasteiger partial charge in [0, 0.05) is 0 Å². The van der Waals surface area contributed by atoms with Crippen molar-refractivity contribution < 1.29 is 39.8 Å². The Kier molecular flexibility index (Phi) is 4.76. The third kappa shape index (κ3) is 3.14. The summed E-state index contributed by atoms with van der Waals surface area (Å²) in [5.41, 5.74) is -0.144. The second kappa shape index (κ2) is 6.37. The lowest BCUT2D eigenvalue weighted by atomic mass is 9.99. The molecule has 0 bridgehead atoms. The number of aliphatic hydroxyl groups is 4. The highest BCUT2D eigenvalue weighted by Crippen LogP contribution is 2.26. The van der Waals surface area contributed by atoms with Crippen LogP contribution in [0.25, 0.3) is 0 Å². The predicted octanol–water partition coefficient (Wildman–Crippen LogP) is -1.44. The fourth-order valence-corrected chi connectivity index (χ4v) is 2.04. The summed E-state index contributed by atoms with van der Waals surface area (Å²) < 4.78 is 10.4. The molecule has 1 aromatic rings. The summed E-state index contributed by atoms with van der Waals surface area (Å²) in [5.74, 6) is -1.29. The number of hydrogen-bond acceptors (Lipinski definition) is 7. The predicted molar refractivity (Wildman–Crippen MR) is 67.8 cm³/mol. The van der Waals surface area contributed by atoms with Gasteiger partial charge in [-0.05, 0) is 12.1 Å². The van der Waals surface area contributed by atoms with E-state index in [-0.39, 0.29) is 11.3 Å². The molecule has 1 aromatic carbocycles. The maximum atomic E-state index is 11.1. The molecule has 2 rings (SSSR count). The van der Waals surface area contributed by atoms with Crippen LogP contribution in [0.3, 0.4) is 0 Å². The smallest absolute Gasteiger partial charge is 0.339 e. The lowest BCUT2D eigenvalue weighted by Crippen LogP contribution is -2.60. The first kappa shape index (κ1) is 15.7. The van der Waals surface area contributed by atoms with Crippen LogP contribution in [0.2, 0.25) is 0 Å². The van der Waals surface area contributed by atoms with Crippen LogP contribution in [0.15, 0.2) is 24.3 Å². The molecule has 0 spiro atoms. The molecule has 1 fully saturated rings. The maximum Gasteiger partial charge on any atom is 0.339 e. The molecule has 8 heteroatoms. The first-order valence-corrected chi connectivity index (χ1v) is 6.25. The molecule has 0 saturated carbocycles. The molecule has 1 aliphatic rings. The van der Waals surface area contributed by atoms with Crippen molar-refractivity contribution in [3.8, 4) is 5.75 Å². The molecule has 0 radical (unpaired) electrons. The molecular formula is C13H16O8. The Morgan fingerprint density at radius 2 is 1.81 bits per heavy atom. The number of ether oxygens (including phenoxy) is 2. The SMILES string of the molecule is O=C(O)c1ccccc1OC1O[C@H](CO)[C@@H](O)[C@H](O)[C@@H]1O. The molecule has 1 saturated heterocycles. The minimum absolute atomic E-state index is 0.0608. The van der Waals surface area contributed by atoms with Crippen LogP contribution in [0.1, 0.15) is 10.4 Å². The van der Waals surface area contributed by atoms with Crippen molar-refractivity contribution >= 4 is 5.97 Å². The summed E-state index contributed by atoms with van der Waals surface area (Å²) in [7, 11) is 0. The molecule has 0 amide bonds. The van der Waals surface area contributed by atoms with Gasteiger partial charge in [0.2, 0.25) is 6.29 Å². The number of carboxylic acids is 1. The Hall–Kier alpha value is -1.71. The standard InChI is InChI=1S/C13H16O8/c14-5-8-9(15)10(16)11(17)13(21-8)20-7-4-2-1-3-6(7)12(18)19/h1-4,8-11,13-17H,5H2,(H,18,19)/t8-,9-,10+,11+,13?/m1/s1. The van der Waals surface area contributed by atoms with Gasteiger partial charge in [-0.2, -0.15) is 0 Å². The second-order valence-electron chi connectivity index (χ2n) is 4.62. The highest BCUT2D eigenvalue weighted by molar-refractivity contribution is 5.90. The quantitative estimate of drug-likeness (QED) is 0.456. The average Bonchev–Trinajstić information content (AvgIpc) is 2.48. The van der Waals surface area contributed by atoms with E-state index in [2.05, 4.69) is 0 Å². The van der Waals surface area contributed by atoms with Crippen LogP contribution in [0.5, 0.6) is 5.75 Å². The Bertz CT molecular complexity index is 503. The van der Waals surface area contributed by atoms with Gasteiger partial charge in [0.15, 0.2) is 0 Å². The van der Waals surface area contributed by atoms with Crippen LogP contribution in [0, 0.1) is 0 Å². The van der Waals surface area contributed by atoms with E-state index in [9.17, 15) is 20.1 Å². The van der Waals surface area contributed by atoms with E-state index in [4.69, 9.17) is 19.7 Å². The first-order valence-electron chi connectivity index (χ1n) is 6.25. The summed E-state index contributed by atoms with van der Waals surface area (Å²) >= 11 is 0. The van der Waals surface area contributed by atoms with Crippen molar-refractivity contribution in [2.45, 2.75) is 30.7 Å². The summed E-state index contributed by atoms with van der Waals surface area (Å²) in [6.45, 7) is -0.592. The monoisotopic (exact) mass is 300 g/mol. The summed E-state index contributed by atoms with van der Waals surface area (Å²) in [6, 6.07) is 5.71. The molecule has 5 N–H and O–H groups in total. The summed E-state index contributed by atoms with van der Waals surface area (Å²) in [6.07, 6.45) is -7.21. The van der Waals surface area contributed by atoms with Gasteiger partial charge in [0.25, 0.3) is 0 Å². The number of carboxylic acid groups (broad SMARTS) is 1. The van der Waals surface area contributed by atoms with E-state index in [1.54, 1.807) is 0 Å². The molecule has 0 aromatic heterocycles. The van der Waals surface area contributed by atoms with E-state index in [0.717, 1.165) is 0 Å². The number of aliphatic hydroxyl groups excluding tert-OH is 4. The molecule has 1 heterocycles. The minimum atomic E-state index is -1.59. The van der Waals surface area contributed by atoms with Crippen molar-refractivity contribution in [1.29, 1.82) is 0 Å². The van der Waals surface area contributed by atoms with E-state index in [0.29, 0.717) is 0 Å². The van der Waals surface area contributed by atoms with E-state index in [1.165, 1.54) is 24.3 Å². The third-order valence-electron chi connectivity index (χ3n) is 3.21. The number of aromatic carboxylic acids is 1. The maximum absolute atomic E-state index is 11.1. The van der Waals surface area contributed by atoms with Crippen LogP contribution >= 0.6 is 0 Å². The molecule has 21 heavy (non-hydrogen) atoms. The summed E-state index contributed by atoms with van der Waals surface area (Å²) in [4.78, 5) is 11.1. The fourth-order valence-electron chi connectivity index (χ4n) is 2.04. The fraction of sp³-hybridized carbons (Fsp3) is 0.462. The zero-order chi connectivity index (χ0) is 15.6. The van der Waals surface area contributed by atoms with E-state index < -0.39 is 43.3 Å². The highest BCUT2D eigenvalue weighted by atomic mass is 16.7. The van der Waals surface area contributed by atoms with Gasteiger partial charge in [-0.25, -0.2) is 4.79 Å². The summed E-state index contributed by atoms with van der Waals surface area (Å²) in [5, 5.41) is 47.2. The lowest BCUT2D eigenvalue weighted by Gasteiger charge is -2.39. The average molecular weight is 300 g/mol. The number of carbonyl (C=O) groups is 1. The van der Waals surface area contributed by atoms with Crippen molar-refractivity contribution in [1.82, 2.24) is 0 Å². The normalized spacial score (nSPS) is 32.7. The zero-order valence-corrected chi connectivity index (χ0v) is 10.9. The van der Waals surface area contributed by atoms with Gasteiger partial charge in [0.1, 0.15) is 35.7 Å². The van der Waals surface area contributed by atoms with Gasteiger partial charge in [0.05, 0.1) is 6.61 Å². The van der Waals surface area contributed by atoms with Crippen LogP contribution < -0.4 is 4.74 Å².